The van der Waals surface area contributed by atoms with Crippen LogP contribution in [0.25, 0.3) is 0 Å². The maximum Gasteiger partial charge on any atom is 0.158 e. The number of aryl methyl sites for hydroxylation is 2. The Labute approximate surface area is 109 Å². The quantitative estimate of drug-likeness (QED) is 0.887. The van der Waals surface area contributed by atoms with Crippen molar-refractivity contribution in [1.82, 2.24) is 9.78 Å². The van der Waals surface area contributed by atoms with E-state index in [0.717, 1.165) is 43.6 Å². The Hall–Kier alpha value is -1.16. The van der Waals surface area contributed by atoms with Gasteiger partial charge < -0.3 is 5.73 Å². The van der Waals surface area contributed by atoms with Gasteiger partial charge in [-0.1, -0.05) is 19.3 Å². The average molecular weight is 249 g/mol. The molecule has 0 unspecified atom stereocenters. The second-order valence-electron chi connectivity index (χ2n) is 5.41. The fourth-order valence-electron chi connectivity index (χ4n) is 2.82. The van der Waals surface area contributed by atoms with Crippen molar-refractivity contribution in [3.63, 3.8) is 0 Å². The highest BCUT2D eigenvalue weighted by atomic mass is 16.1. The van der Waals surface area contributed by atoms with Crippen LogP contribution in [0.4, 0.5) is 0 Å². The fourth-order valence-corrected chi connectivity index (χ4v) is 2.82. The van der Waals surface area contributed by atoms with Crippen LogP contribution in [0, 0.1) is 6.92 Å². The van der Waals surface area contributed by atoms with Gasteiger partial charge in [0.1, 0.15) is 0 Å². The SMILES string of the molecule is CCn1nc(C)cc1CC(=O)C1(N)CCCCC1. The molecule has 100 valence electrons. The van der Waals surface area contributed by atoms with Crippen LogP contribution in [0.1, 0.15) is 50.4 Å². The van der Waals surface area contributed by atoms with Crippen LogP contribution in [0.2, 0.25) is 0 Å². The first kappa shape index (κ1) is 13.3. The van der Waals surface area contributed by atoms with Crippen molar-refractivity contribution in [3.8, 4) is 0 Å². The molecule has 4 nitrogen and oxygen atoms in total. The van der Waals surface area contributed by atoms with Gasteiger partial charge in [0, 0.05) is 12.2 Å². The number of nitrogens with two attached hydrogens (primary N) is 1. The van der Waals surface area contributed by atoms with E-state index in [1.165, 1.54) is 6.42 Å². The van der Waals surface area contributed by atoms with Gasteiger partial charge in [-0.05, 0) is 32.8 Å². The van der Waals surface area contributed by atoms with E-state index in [2.05, 4.69) is 5.10 Å². The topological polar surface area (TPSA) is 60.9 Å². The summed E-state index contributed by atoms with van der Waals surface area (Å²) < 4.78 is 1.90. The molecule has 1 aliphatic carbocycles. The minimum absolute atomic E-state index is 0.178. The van der Waals surface area contributed by atoms with Gasteiger partial charge in [0.25, 0.3) is 0 Å². The third-order valence-electron chi connectivity index (χ3n) is 3.93. The first-order valence-corrected chi connectivity index (χ1v) is 6.90. The van der Waals surface area contributed by atoms with Gasteiger partial charge in [0.2, 0.25) is 0 Å². The number of aromatic nitrogens is 2. The number of carbonyl (C=O) groups is 1. The summed E-state index contributed by atoms with van der Waals surface area (Å²) in [5, 5.41) is 4.37. The van der Waals surface area contributed by atoms with E-state index in [1.54, 1.807) is 0 Å². The molecule has 1 saturated carbocycles. The van der Waals surface area contributed by atoms with Crippen molar-refractivity contribution >= 4 is 5.78 Å². The molecule has 1 aromatic rings. The minimum atomic E-state index is -0.588. The van der Waals surface area contributed by atoms with Gasteiger partial charge in [-0.2, -0.15) is 5.10 Å². The van der Waals surface area contributed by atoms with Crippen molar-refractivity contribution in [2.24, 2.45) is 5.73 Å². The van der Waals surface area contributed by atoms with Crippen molar-refractivity contribution < 1.29 is 4.79 Å². The van der Waals surface area contributed by atoms with Crippen LogP contribution in [0.15, 0.2) is 6.07 Å². The second-order valence-corrected chi connectivity index (χ2v) is 5.41. The van der Waals surface area contributed by atoms with Crippen LogP contribution in [-0.4, -0.2) is 21.1 Å². The highest BCUT2D eigenvalue weighted by molar-refractivity contribution is 5.89. The Balaban J connectivity index is 2.10. The molecule has 1 heterocycles. The average Bonchev–Trinajstić information content (AvgIpc) is 2.70. The lowest BCUT2D eigenvalue weighted by Gasteiger charge is -2.31. The second kappa shape index (κ2) is 5.22. The molecule has 2 rings (SSSR count). The van der Waals surface area contributed by atoms with Gasteiger partial charge >= 0.3 is 0 Å². The number of carbonyl (C=O) groups excluding carboxylic acids is 1. The van der Waals surface area contributed by atoms with Crippen LogP contribution < -0.4 is 5.73 Å². The molecular weight excluding hydrogens is 226 g/mol. The zero-order chi connectivity index (χ0) is 13.2. The number of rotatable bonds is 4. The maximum atomic E-state index is 12.4. The Kier molecular flexibility index (Phi) is 3.85. The van der Waals surface area contributed by atoms with Gasteiger partial charge in [-0.25, -0.2) is 0 Å². The third-order valence-corrected chi connectivity index (χ3v) is 3.93. The van der Waals surface area contributed by atoms with Crippen LogP contribution in [0.3, 0.4) is 0 Å². The van der Waals surface area contributed by atoms with Crippen LogP contribution >= 0.6 is 0 Å². The van der Waals surface area contributed by atoms with Crippen molar-refractivity contribution in [2.45, 2.75) is 64.5 Å². The highest BCUT2D eigenvalue weighted by Gasteiger charge is 2.35. The summed E-state index contributed by atoms with van der Waals surface area (Å²) in [7, 11) is 0. The van der Waals surface area contributed by atoms with Gasteiger partial charge in [0.15, 0.2) is 5.78 Å². The third kappa shape index (κ3) is 2.64. The van der Waals surface area contributed by atoms with Crippen molar-refractivity contribution in [1.29, 1.82) is 0 Å². The summed E-state index contributed by atoms with van der Waals surface area (Å²) >= 11 is 0. The van der Waals surface area contributed by atoms with Crippen molar-refractivity contribution in [3.05, 3.63) is 17.5 Å². The molecule has 2 N–H and O–H groups in total. The molecule has 0 bridgehead atoms. The summed E-state index contributed by atoms with van der Waals surface area (Å²) in [4.78, 5) is 12.4. The summed E-state index contributed by atoms with van der Waals surface area (Å²) in [6.07, 6.45) is 5.46. The summed E-state index contributed by atoms with van der Waals surface area (Å²) in [6.45, 7) is 4.80. The first-order valence-electron chi connectivity index (χ1n) is 6.90. The first-order chi connectivity index (χ1) is 8.55. The molecule has 1 fully saturated rings. The maximum absolute atomic E-state index is 12.4. The largest absolute Gasteiger partial charge is 0.319 e. The molecule has 0 amide bonds. The van der Waals surface area contributed by atoms with Gasteiger partial charge in [0.05, 0.1) is 17.7 Å². The molecule has 1 aromatic heterocycles. The zero-order valence-electron chi connectivity index (χ0n) is 11.4. The van der Waals surface area contributed by atoms with E-state index in [4.69, 9.17) is 5.73 Å². The highest BCUT2D eigenvalue weighted by Crippen LogP contribution is 2.27. The predicted molar refractivity (Wildman–Crippen MR) is 71.4 cm³/mol. The summed E-state index contributed by atoms with van der Waals surface area (Å²) in [5.74, 6) is 0.178. The smallest absolute Gasteiger partial charge is 0.158 e. The molecule has 0 aliphatic heterocycles. The monoisotopic (exact) mass is 249 g/mol. The van der Waals surface area contributed by atoms with E-state index >= 15 is 0 Å². The number of hydrogen-bond donors (Lipinski definition) is 1. The number of hydrogen-bond acceptors (Lipinski definition) is 3. The van der Waals surface area contributed by atoms with Crippen molar-refractivity contribution in [2.75, 3.05) is 0 Å². The molecule has 1 aliphatic rings. The Morgan fingerprint density at radius 3 is 2.72 bits per heavy atom. The molecule has 18 heavy (non-hydrogen) atoms. The Morgan fingerprint density at radius 2 is 2.11 bits per heavy atom. The van der Waals surface area contributed by atoms with Gasteiger partial charge in [-0.15, -0.1) is 0 Å². The summed E-state index contributed by atoms with van der Waals surface area (Å²) in [5.41, 5.74) is 7.64. The Bertz CT molecular complexity index is 430. The molecule has 0 atom stereocenters. The van der Waals surface area contributed by atoms with Crippen LogP contribution in [0.5, 0.6) is 0 Å². The molecule has 4 heteroatoms. The van der Waals surface area contributed by atoms with Crippen LogP contribution in [-0.2, 0) is 17.8 Å². The zero-order valence-corrected chi connectivity index (χ0v) is 11.4. The minimum Gasteiger partial charge on any atom is -0.319 e. The van der Waals surface area contributed by atoms with E-state index in [9.17, 15) is 4.79 Å². The number of ketones is 1. The lowest BCUT2D eigenvalue weighted by Crippen LogP contribution is -2.50. The van der Waals surface area contributed by atoms with E-state index in [1.807, 2.05) is 24.6 Å². The lowest BCUT2D eigenvalue weighted by molar-refractivity contribution is -0.124. The predicted octanol–water partition coefficient (Wildman–Crippen LogP) is 1.98. The molecular formula is C14H23N3O. The molecule has 0 saturated heterocycles. The molecule has 0 aromatic carbocycles. The summed E-state index contributed by atoms with van der Waals surface area (Å²) in [6, 6.07) is 1.99. The van der Waals surface area contributed by atoms with Gasteiger partial charge in [-0.3, -0.25) is 9.48 Å². The molecule has 0 spiro atoms. The number of nitrogens with zero attached hydrogens (tertiary/aromatic N) is 2. The molecule has 0 radical (unpaired) electrons. The van der Waals surface area contributed by atoms with E-state index in [-0.39, 0.29) is 5.78 Å². The standard InChI is InChI=1S/C14H23N3O/c1-3-17-12(9-11(2)16-17)10-13(18)14(15)7-5-4-6-8-14/h9H,3-8,10,15H2,1-2H3. The van der Waals surface area contributed by atoms with E-state index < -0.39 is 5.54 Å². The fraction of sp³-hybridized carbons (Fsp3) is 0.714. The lowest BCUT2D eigenvalue weighted by atomic mass is 9.78. The number of Topliss-reactive ketones (excluding diaryl/α,β-unsaturated/α-hetero) is 1. The Morgan fingerprint density at radius 1 is 1.44 bits per heavy atom. The van der Waals surface area contributed by atoms with E-state index in [0.29, 0.717) is 6.42 Å². The normalized spacial score (nSPS) is 18.8.